The summed E-state index contributed by atoms with van der Waals surface area (Å²) in [7, 11) is 0. The number of nitrogens with zero attached hydrogens (tertiary/aromatic N) is 1. The summed E-state index contributed by atoms with van der Waals surface area (Å²) >= 11 is 0. The average molecular weight is 387 g/mol. The fourth-order valence-electron chi connectivity index (χ4n) is 3.70. The van der Waals surface area contributed by atoms with E-state index in [1.54, 1.807) is 12.2 Å². The van der Waals surface area contributed by atoms with Crippen molar-refractivity contribution >= 4 is 11.5 Å². The molecular formula is C22H20F3NO2. The molecular weight excluding hydrogens is 367 g/mol. The van der Waals surface area contributed by atoms with E-state index in [1.807, 2.05) is 35.2 Å². The van der Waals surface area contributed by atoms with Gasteiger partial charge >= 0.3 is 6.36 Å². The van der Waals surface area contributed by atoms with Crippen LogP contribution in [0.25, 0.3) is 0 Å². The quantitative estimate of drug-likeness (QED) is 0.573. The van der Waals surface area contributed by atoms with Gasteiger partial charge in [0.15, 0.2) is 5.78 Å². The number of carbonyl (C=O) groups excluding carboxylic acids is 1. The lowest BCUT2D eigenvalue weighted by Gasteiger charge is -2.38. The minimum Gasteiger partial charge on any atom is -0.406 e. The highest BCUT2D eigenvalue weighted by molar-refractivity contribution is 6.14. The van der Waals surface area contributed by atoms with Gasteiger partial charge in [-0.05, 0) is 36.6 Å². The van der Waals surface area contributed by atoms with E-state index < -0.39 is 17.7 Å². The number of ketones is 1. The normalized spacial score (nSPS) is 15.2. The molecule has 1 heterocycles. The van der Waals surface area contributed by atoms with Gasteiger partial charge in [0, 0.05) is 17.8 Å². The number of fused-ring (bicyclic) bond motifs is 1. The van der Waals surface area contributed by atoms with Gasteiger partial charge in [0.2, 0.25) is 0 Å². The standard InChI is InChI=1S/C22H20F3NO2/c1-3-12-21(13-4-2)20(27)18-14-17(28-22(23,24)25)10-11-19(18)26(21)15-16-8-6-5-7-9-16/h3-11,14H,1-2,12-13,15H2. The molecule has 0 fully saturated rings. The maximum atomic E-state index is 13.3. The van der Waals surface area contributed by atoms with Gasteiger partial charge in [-0.15, -0.1) is 26.3 Å². The highest BCUT2D eigenvalue weighted by Gasteiger charge is 2.49. The topological polar surface area (TPSA) is 29.5 Å². The molecule has 1 aliphatic heterocycles. The molecule has 0 aliphatic carbocycles. The maximum Gasteiger partial charge on any atom is 0.573 e. The first-order chi connectivity index (χ1) is 13.3. The minimum atomic E-state index is -4.82. The third-order valence-corrected chi connectivity index (χ3v) is 4.82. The number of ether oxygens (including phenoxy) is 1. The number of halogens is 3. The first kappa shape index (κ1) is 19.7. The third-order valence-electron chi connectivity index (χ3n) is 4.82. The zero-order valence-electron chi connectivity index (χ0n) is 15.2. The lowest BCUT2D eigenvalue weighted by Crippen LogP contribution is -2.49. The molecule has 146 valence electrons. The van der Waals surface area contributed by atoms with E-state index in [1.165, 1.54) is 12.1 Å². The molecule has 0 saturated carbocycles. The predicted molar refractivity (Wildman–Crippen MR) is 102 cm³/mol. The van der Waals surface area contributed by atoms with Crippen LogP contribution in [0, 0.1) is 0 Å². The van der Waals surface area contributed by atoms with Crippen LogP contribution in [0.5, 0.6) is 5.75 Å². The van der Waals surface area contributed by atoms with E-state index in [0.717, 1.165) is 11.6 Å². The van der Waals surface area contributed by atoms with Crippen molar-refractivity contribution in [2.75, 3.05) is 4.90 Å². The number of benzene rings is 2. The van der Waals surface area contributed by atoms with E-state index in [0.29, 0.717) is 25.1 Å². The molecule has 28 heavy (non-hydrogen) atoms. The number of carbonyl (C=O) groups is 1. The summed E-state index contributed by atoms with van der Waals surface area (Å²) in [5.41, 5.74) is 0.795. The molecule has 0 saturated heterocycles. The number of Topliss-reactive ketones (excluding diaryl/α,β-unsaturated/α-hetero) is 1. The molecule has 3 nitrogen and oxygen atoms in total. The fourth-order valence-corrected chi connectivity index (χ4v) is 3.70. The molecule has 0 spiro atoms. The molecule has 6 heteroatoms. The van der Waals surface area contributed by atoms with E-state index in [2.05, 4.69) is 17.9 Å². The summed E-state index contributed by atoms with van der Waals surface area (Å²) in [4.78, 5) is 15.3. The molecule has 1 aliphatic rings. The zero-order chi connectivity index (χ0) is 20.4. The van der Waals surface area contributed by atoms with Crippen molar-refractivity contribution in [2.24, 2.45) is 0 Å². The maximum absolute atomic E-state index is 13.3. The Hall–Kier alpha value is -3.02. The first-order valence-electron chi connectivity index (χ1n) is 8.79. The van der Waals surface area contributed by atoms with Gasteiger partial charge in [0.05, 0.1) is 0 Å². The van der Waals surface area contributed by atoms with Crippen molar-refractivity contribution in [1.82, 2.24) is 0 Å². The third kappa shape index (κ3) is 3.67. The Morgan fingerprint density at radius 3 is 2.25 bits per heavy atom. The zero-order valence-corrected chi connectivity index (χ0v) is 15.2. The Kier molecular flexibility index (Phi) is 5.31. The monoisotopic (exact) mass is 387 g/mol. The lowest BCUT2D eigenvalue weighted by molar-refractivity contribution is -0.274. The first-order valence-corrected chi connectivity index (χ1v) is 8.79. The molecule has 2 aromatic rings. The molecule has 0 amide bonds. The van der Waals surface area contributed by atoms with Crippen molar-refractivity contribution in [1.29, 1.82) is 0 Å². The van der Waals surface area contributed by atoms with Crippen LogP contribution in [0.2, 0.25) is 0 Å². The Morgan fingerprint density at radius 1 is 1.04 bits per heavy atom. The SMILES string of the molecule is C=CCC1(CC=C)C(=O)c2cc(OC(F)(F)F)ccc2N1Cc1ccccc1. The molecule has 2 aromatic carbocycles. The molecule has 0 radical (unpaired) electrons. The minimum absolute atomic E-state index is 0.210. The van der Waals surface area contributed by atoms with Gasteiger partial charge in [-0.1, -0.05) is 42.5 Å². The summed E-state index contributed by atoms with van der Waals surface area (Å²) in [6.45, 7) is 7.97. The molecule has 0 atom stereocenters. The second-order valence-electron chi connectivity index (χ2n) is 6.64. The second kappa shape index (κ2) is 7.54. The smallest absolute Gasteiger partial charge is 0.406 e. The Labute approximate surface area is 161 Å². The van der Waals surface area contributed by atoms with Gasteiger partial charge in [-0.25, -0.2) is 0 Å². The van der Waals surface area contributed by atoms with Crippen molar-refractivity contribution in [3.8, 4) is 5.75 Å². The molecule has 3 rings (SSSR count). The number of rotatable bonds is 7. The molecule has 0 aromatic heterocycles. The van der Waals surface area contributed by atoms with Crippen LogP contribution in [-0.2, 0) is 6.54 Å². The van der Waals surface area contributed by atoms with Crippen LogP contribution in [0.3, 0.4) is 0 Å². The van der Waals surface area contributed by atoms with Gasteiger partial charge in [0.25, 0.3) is 0 Å². The Balaban J connectivity index is 2.09. The van der Waals surface area contributed by atoms with Gasteiger partial charge < -0.3 is 9.64 Å². The van der Waals surface area contributed by atoms with Crippen LogP contribution in [0.4, 0.5) is 18.9 Å². The summed E-state index contributed by atoms with van der Waals surface area (Å²) < 4.78 is 41.8. The van der Waals surface area contributed by atoms with Gasteiger partial charge in [0.1, 0.15) is 11.3 Å². The van der Waals surface area contributed by atoms with E-state index >= 15 is 0 Å². The lowest BCUT2D eigenvalue weighted by atomic mass is 9.85. The van der Waals surface area contributed by atoms with Gasteiger partial charge in [-0.2, -0.15) is 0 Å². The van der Waals surface area contributed by atoms with Gasteiger partial charge in [-0.3, -0.25) is 4.79 Å². The highest BCUT2D eigenvalue weighted by atomic mass is 19.4. The number of anilines is 1. The van der Waals surface area contributed by atoms with Crippen LogP contribution < -0.4 is 9.64 Å². The summed E-state index contributed by atoms with van der Waals surface area (Å²) in [6.07, 6.45) is -0.834. The Bertz CT molecular complexity index is 880. The molecule has 0 N–H and O–H groups in total. The molecule has 0 unspecified atom stereocenters. The van der Waals surface area contributed by atoms with Crippen molar-refractivity contribution < 1.29 is 22.7 Å². The largest absolute Gasteiger partial charge is 0.573 e. The van der Waals surface area contributed by atoms with Crippen LogP contribution in [0.15, 0.2) is 73.8 Å². The summed E-state index contributed by atoms with van der Waals surface area (Å²) in [5.74, 6) is -0.668. The fraction of sp³-hybridized carbons (Fsp3) is 0.227. The summed E-state index contributed by atoms with van der Waals surface area (Å²) in [5, 5.41) is 0. The average Bonchev–Trinajstić information content (AvgIpc) is 2.85. The van der Waals surface area contributed by atoms with Crippen LogP contribution in [0.1, 0.15) is 28.8 Å². The number of hydrogen-bond donors (Lipinski definition) is 0. The second-order valence-corrected chi connectivity index (χ2v) is 6.64. The highest BCUT2D eigenvalue weighted by Crippen LogP contribution is 2.45. The summed E-state index contributed by atoms with van der Waals surface area (Å²) in [6, 6.07) is 13.5. The number of hydrogen-bond acceptors (Lipinski definition) is 3. The van der Waals surface area contributed by atoms with E-state index in [-0.39, 0.29) is 11.3 Å². The van der Waals surface area contributed by atoms with Crippen LogP contribution in [-0.4, -0.2) is 17.7 Å². The van der Waals surface area contributed by atoms with E-state index in [9.17, 15) is 18.0 Å². The van der Waals surface area contributed by atoms with Crippen molar-refractivity contribution in [2.45, 2.75) is 31.3 Å². The predicted octanol–water partition coefficient (Wildman–Crippen LogP) is 5.68. The van der Waals surface area contributed by atoms with Crippen molar-refractivity contribution in [3.05, 3.63) is 85.0 Å². The van der Waals surface area contributed by atoms with Crippen LogP contribution >= 0.6 is 0 Å². The van der Waals surface area contributed by atoms with E-state index in [4.69, 9.17) is 0 Å². The van der Waals surface area contributed by atoms with Crippen molar-refractivity contribution in [3.63, 3.8) is 0 Å². The molecule has 0 bridgehead atoms. The number of alkyl halides is 3. The Morgan fingerprint density at radius 2 is 1.68 bits per heavy atom.